The van der Waals surface area contributed by atoms with Crippen LogP contribution in [0.5, 0.6) is 0 Å². The van der Waals surface area contributed by atoms with Gasteiger partial charge in [-0.05, 0) is 30.4 Å². The number of nitrogen functional groups attached to an aromatic ring is 1. The summed E-state index contributed by atoms with van der Waals surface area (Å²) in [6, 6.07) is 6.63. The molecule has 0 bridgehead atoms. The second-order valence-electron chi connectivity index (χ2n) is 4.53. The Labute approximate surface area is 125 Å². The molecule has 0 radical (unpaired) electrons. The first-order chi connectivity index (χ1) is 10.2. The minimum atomic E-state index is -0.201. The first-order valence-corrected chi connectivity index (χ1v) is 7.52. The van der Waals surface area contributed by atoms with Crippen molar-refractivity contribution in [3.63, 3.8) is 0 Å². The number of aryl methyl sites for hydroxylation is 1. The number of nitrogens with zero attached hydrogens (tertiary/aromatic N) is 4. The van der Waals surface area contributed by atoms with E-state index in [2.05, 4.69) is 15.0 Å². The van der Waals surface area contributed by atoms with E-state index >= 15 is 0 Å². The molecule has 0 unspecified atom stereocenters. The van der Waals surface area contributed by atoms with Crippen molar-refractivity contribution in [2.75, 3.05) is 11.5 Å². The van der Waals surface area contributed by atoms with Gasteiger partial charge in [0.15, 0.2) is 11.5 Å². The zero-order valence-electron chi connectivity index (χ0n) is 11.2. The largest absolute Gasteiger partial charge is 0.382 e. The van der Waals surface area contributed by atoms with Gasteiger partial charge in [0, 0.05) is 11.4 Å². The molecule has 0 saturated carbocycles. The lowest BCUT2D eigenvalue weighted by Crippen LogP contribution is -2.00. The minimum Gasteiger partial charge on any atom is -0.382 e. The van der Waals surface area contributed by atoms with E-state index in [1.807, 2.05) is 10.6 Å². The van der Waals surface area contributed by atoms with Crippen LogP contribution < -0.4 is 5.73 Å². The molecule has 7 heteroatoms. The Hall–Kier alpha value is -2.15. The first kappa shape index (κ1) is 13.8. The number of imidazole rings is 1. The molecule has 2 heterocycles. The van der Waals surface area contributed by atoms with Crippen molar-refractivity contribution in [3.05, 3.63) is 42.7 Å². The number of aromatic nitrogens is 4. The summed E-state index contributed by atoms with van der Waals surface area (Å²) in [6.07, 6.45) is 4.09. The molecule has 108 valence electrons. The molecule has 2 aromatic heterocycles. The Morgan fingerprint density at radius 1 is 1.24 bits per heavy atom. The van der Waals surface area contributed by atoms with E-state index in [9.17, 15) is 4.39 Å². The highest BCUT2D eigenvalue weighted by Crippen LogP contribution is 2.20. The van der Waals surface area contributed by atoms with Gasteiger partial charge in [-0.1, -0.05) is 6.07 Å². The van der Waals surface area contributed by atoms with E-state index in [0.717, 1.165) is 29.3 Å². The number of halogens is 1. The number of nitrogens with two attached hydrogens (primary N) is 1. The number of fused-ring (bicyclic) bond motifs is 1. The molecule has 0 saturated heterocycles. The van der Waals surface area contributed by atoms with Crippen molar-refractivity contribution in [2.45, 2.75) is 17.9 Å². The van der Waals surface area contributed by atoms with Crippen molar-refractivity contribution in [1.29, 1.82) is 0 Å². The molecule has 0 amide bonds. The second kappa shape index (κ2) is 6.09. The van der Waals surface area contributed by atoms with Crippen LogP contribution in [0.3, 0.4) is 0 Å². The predicted octanol–water partition coefficient (Wildman–Crippen LogP) is 2.73. The fraction of sp³-hybridized carbons (Fsp3) is 0.214. The van der Waals surface area contributed by atoms with Crippen molar-refractivity contribution in [2.24, 2.45) is 0 Å². The molecule has 0 atom stereocenters. The van der Waals surface area contributed by atoms with Crippen LogP contribution >= 0.6 is 11.8 Å². The standard InChI is InChI=1S/C14H14FN5S/c15-10-3-1-4-11(7-10)21-6-2-5-20-9-19-12-13(16)17-8-18-14(12)20/h1,3-4,7-9H,2,5-6H2,(H2,16,17,18). The maximum Gasteiger partial charge on any atom is 0.165 e. The van der Waals surface area contributed by atoms with Gasteiger partial charge in [-0.25, -0.2) is 19.3 Å². The summed E-state index contributed by atoms with van der Waals surface area (Å²) < 4.78 is 15.0. The van der Waals surface area contributed by atoms with Crippen LogP contribution in [-0.2, 0) is 6.54 Å². The van der Waals surface area contributed by atoms with Gasteiger partial charge in [0.2, 0.25) is 0 Å². The summed E-state index contributed by atoms with van der Waals surface area (Å²) in [7, 11) is 0. The Bertz CT molecular complexity index is 758. The average Bonchev–Trinajstić information content (AvgIpc) is 2.88. The number of rotatable bonds is 5. The number of benzene rings is 1. The zero-order valence-corrected chi connectivity index (χ0v) is 12.1. The summed E-state index contributed by atoms with van der Waals surface area (Å²) in [4.78, 5) is 13.3. The molecule has 3 rings (SSSR count). The molecule has 1 aromatic carbocycles. The molecular formula is C14H14FN5S. The molecule has 5 nitrogen and oxygen atoms in total. The third kappa shape index (κ3) is 3.13. The van der Waals surface area contributed by atoms with E-state index in [4.69, 9.17) is 5.73 Å². The highest BCUT2D eigenvalue weighted by Gasteiger charge is 2.07. The maximum atomic E-state index is 13.1. The van der Waals surface area contributed by atoms with Crippen LogP contribution in [0.1, 0.15) is 6.42 Å². The molecule has 0 aliphatic heterocycles. The van der Waals surface area contributed by atoms with Gasteiger partial charge in [0.25, 0.3) is 0 Å². The lowest BCUT2D eigenvalue weighted by atomic mass is 10.4. The van der Waals surface area contributed by atoms with Crippen molar-refractivity contribution in [3.8, 4) is 0 Å². The highest BCUT2D eigenvalue weighted by atomic mass is 32.2. The fourth-order valence-corrected chi connectivity index (χ4v) is 2.92. The minimum absolute atomic E-state index is 0.201. The first-order valence-electron chi connectivity index (χ1n) is 6.54. The fourth-order valence-electron chi connectivity index (χ4n) is 2.04. The molecule has 0 aliphatic rings. The molecule has 3 aromatic rings. The quantitative estimate of drug-likeness (QED) is 0.580. The van der Waals surface area contributed by atoms with E-state index in [1.54, 1.807) is 30.2 Å². The Morgan fingerprint density at radius 2 is 2.14 bits per heavy atom. The topological polar surface area (TPSA) is 69.6 Å². The van der Waals surface area contributed by atoms with Gasteiger partial charge in [-0.3, -0.25) is 0 Å². The van der Waals surface area contributed by atoms with Crippen molar-refractivity contribution in [1.82, 2.24) is 19.5 Å². The smallest absolute Gasteiger partial charge is 0.165 e. The number of thioether (sulfide) groups is 1. The lowest BCUT2D eigenvalue weighted by molar-refractivity contribution is 0.624. The Balaban J connectivity index is 1.59. The van der Waals surface area contributed by atoms with Crippen LogP contribution in [0.4, 0.5) is 10.2 Å². The maximum absolute atomic E-state index is 13.1. The normalized spacial score (nSPS) is 11.1. The predicted molar refractivity (Wildman–Crippen MR) is 81.5 cm³/mol. The molecular weight excluding hydrogens is 289 g/mol. The van der Waals surface area contributed by atoms with E-state index in [1.165, 1.54) is 12.4 Å². The molecule has 0 spiro atoms. The summed E-state index contributed by atoms with van der Waals surface area (Å²) in [5.74, 6) is 1.09. The number of anilines is 1. The summed E-state index contributed by atoms with van der Waals surface area (Å²) in [6.45, 7) is 0.787. The molecule has 0 fully saturated rings. The Morgan fingerprint density at radius 3 is 3.00 bits per heavy atom. The molecule has 2 N–H and O–H groups in total. The summed E-state index contributed by atoms with van der Waals surface area (Å²) >= 11 is 1.63. The number of hydrogen-bond donors (Lipinski definition) is 1. The van der Waals surface area contributed by atoms with Crippen LogP contribution in [0.15, 0.2) is 41.8 Å². The lowest BCUT2D eigenvalue weighted by Gasteiger charge is -2.04. The van der Waals surface area contributed by atoms with Crippen molar-refractivity contribution >= 4 is 28.7 Å². The highest BCUT2D eigenvalue weighted by molar-refractivity contribution is 7.99. The third-order valence-corrected chi connectivity index (χ3v) is 4.12. The van der Waals surface area contributed by atoms with Crippen LogP contribution in [0.25, 0.3) is 11.2 Å². The van der Waals surface area contributed by atoms with Gasteiger partial charge in [-0.15, -0.1) is 11.8 Å². The zero-order chi connectivity index (χ0) is 14.7. The number of hydrogen-bond acceptors (Lipinski definition) is 5. The summed E-state index contributed by atoms with van der Waals surface area (Å²) in [5.41, 5.74) is 7.13. The van der Waals surface area contributed by atoms with Crippen LogP contribution in [0, 0.1) is 5.82 Å². The van der Waals surface area contributed by atoms with Gasteiger partial charge < -0.3 is 10.3 Å². The van der Waals surface area contributed by atoms with E-state index in [0.29, 0.717) is 11.3 Å². The van der Waals surface area contributed by atoms with Gasteiger partial charge in [-0.2, -0.15) is 0 Å². The monoisotopic (exact) mass is 303 g/mol. The average molecular weight is 303 g/mol. The van der Waals surface area contributed by atoms with E-state index in [-0.39, 0.29) is 5.82 Å². The van der Waals surface area contributed by atoms with Crippen molar-refractivity contribution < 1.29 is 4.39 Å². The molecule has 21 heavy (non-hydrogen) atoms. The van der Waals surface area contributed by atoms with Gasteiger partial charge in [0.05, 0.1) is 6.33 Å². The Kier molecular flexibility index (Phi) is 4.01. The van der Waals surface area contributed by atoms with E-state index < -0.39 is 0 Å². The molecule has 0 aliphatic carbocycles. The van der Waals surface area contributed by atoms with Crippen LogP contribution in [0.2, 0.25) is 0 Å². The van der Waals surface area contributed by atoms with Gasteiger partial charge in [0.1, 0.15) is 17.7 Å². The van der Waals surface area contributed by atoms with Gasteiger partial charge >= 0.3 is 0 Å². The van der Waals surface area contributed by atoms with Crippen LogP contribution in [-0.4, -0.2) is 25.3 Å². The third-order valence-electron chi connectivity index (χ3n) is 3.04. The second-order valence-corrected chi connectivity index (χ2v) is 5.70. The SMILES string of the molecule is Nc1ncnc2c1ncn2CCCSc1cccc(F)c1. The summed E-state index contributed by atoms with van der Waals surface area (Å²) in [5, 5.41) is 0.